The van der Waals surface area contributed by atoms with Crippen LogP contribution in [-0.2, 0) is 9.59 Å². The van der Waals surface area contributed by atoms with Gasteiger partial charge in [0.25, 0.3) is 0 Å². The van der Waals surface area contributed by atoms with Gasteiger partial charge in [-0.1, -0.05) is 11.6 Å². The van der Waals surface area contributed by atoms with Crippen LogP contribution >= 0.6 is 11.6 Å². The molecule has 2 fully saturated rings. The van der Waals surface area contributed by atoms with Gasteiger partial charge in [-0.2, -0.15) is 0 Å². The summed E-state index contributed by atoms with van der Waals surface area (Å²) in [5, 5.41) is 12.8. The van der Waals surface area contributed by atoms with Crippen LogP contribution < -0.4 is 10.2 Å². The molecule has 0 bridgehead atoms. The normalized spacial score (nSPS) is 22.7. The van der Waals surface area contributed by atoms with E-state index in [1.54, 1.807) is 29.2 Å². The number of carbonyl (C=O) groups is 2. The van der Waals surface area contributed by atoms with Crippen molar-refractivity contribution in [3.8, 4) is 0 Å². The van der Waals surface area contributed by atoms with Crippen LogP contribution in [0, 0.1) is 11.3 Å². The highest BCUT2D eigenvalue weighted by Gasteiger charge is 2.43. The van der Waals surface area contributed by atoms with Crippen LogP contribution in [0.4, 0.5) is 5.69 Å². The monoisotopic (exact) mass is 322 g/mol. The fraction of sp³-hybridized carbons (Fsp3) is 0.500. The Morgan fingerprint density at radius 1 is 1.36 bits per heavy atom. The van der Waals surface area contributed by atoms with Gasteiger partial charge in [-0.15, -0.1) is 0 Å². The first-order valence-electron chi connectivity index (χ1n) is 7.47. The molecule has 118 valence electrons. The number of benzene rings is 1. The molecule has 1 aromatic carbocycles. The third-order valence-electron chi connectivity index (χ3n) is 4.56. The molecule has 1 aliphatic carbocycles. The summed E-state index contributed by atoms with van der Waals surface area (Å²) in [4.78, 5) is 26.0. The number of amides is 2. The SMILES string of the molecule is O=C(NCC1(CO)CC1)C1CC(=O)N(c2ccc(Cl)cc2)C1. The Balaban J connectivity index is 1.59. The van der Waals surface area contributed by atoms with Crippen LogP contribution in [0.3, 0.4) is 0 Å². The quantitative estimate of drug-likeness (QED) is 0.864. The molecule has 1 heterocycles. The van der Waals surface area contributed by atoms with Crippen LogP contribution in [0.1, 0.15) is 19.3 Å². The largest absolute Gasteiger partial charge is 0.396 e. The fourth-order valence-corrected chi connectivity index (χ4v) is 2.87. The van der Waals surface area contributed by atoms with Crippen LogP contribution in [0.2, 0.25) is 5.02 Å². The lowest BCUT2D eigenvalue weighted by atomic mass is 10.1. The number of carbonyl (C=O) groups excluding carboxylic acids is 2. The molecule has 2 N–H and O–H groups in total. The van der Waals surface area contributed by atoms with Crippen molar-refractivity contribution in [1.82, 2.24) is 5.32 Å². The van der Waals surface area contributed by atoms with Crippen molar-refractivity contribution >= 4 is 29.1 Å². The smallest absolute Gasteiger partial charge is 0.227 e. The lowest BCUT2D eigenvalue weighted by Gasteiger charge is -2.18. The number of aliphatic hydroxyl groups is 1. The van der Waals surface area contributed by atoms with Crippen molar-refractivity contribution in [1.29, 1.82) is 0 Å². The topological polar surface area (TPSA) is 69.6 Å². The minimum absolute atomic E-state index is 0.0502. The Kier molecular flexibility index (Phi) is 4.10. The summed E-state index contributed by atoms with van der Waals surface area (Å²) in [6.07, 6.45) is 2.12. The van der Waals surface area contributed by atoms with E-state index >= 15 is 0 Å². The van der Waals surface area contributed by atoms with Gasteiger partial charge in [0.05, 0.1) is 12.5 Å². The first-order valence-corrected chi connectivity index (χ1v) is 7.85. The second-order valence-electron chi connectivity index (χ2n) is 6.26. The predicted octanol–water partition coefficient (Wildman–Crippen LogP) is 1.58. The van der Waals surface area contributed by atoms with E-state index in [1.165, 1.54) is 0 Å². The van der Waals surface area contributed by atoms with Crippen molar-refractivity contribution in [2.75, 3.05) is 24.6 Å². The van der Waals surface area contributed by atoms with E-state index in [1.807, 2.05) is 0 Å². The highest BCUT2D eigenvalue weighted by atomic mass is 35.5. The summed E-state index contributed by atoms with van der Waals surface area (Å²) in [6, 6.07) is 7.03. The maximum Gasteiger partial charge on any atom is 0.227 e. The average molecular weight is 323 g/mol. The molecule has 22 heavy (non-hydrogen) atoms. The molecule has 6 heteroatoms. The fourth-order valence-electron chi connectivity index (χ4n) is 2.74. The average Bonchev–Trinajstić information content (AvgIpc) is 3.21. The molecule has 1 saturated carbocycles. The Morgan fingerprint density at radius 3 is 2.64 bits per heavy atom. The Morgan fingerprint density at radius 2 is 2.05 bits per heavy atom. The molecule has 1 aromatic rings. The molecule has 0 spiro atoms. The number of hydrogen-bond acceptors (Lipinski definition) is 3. The molecule has 0 radical (unpaired) electrons. The number of nitrogens with zero attached hydrogens (tertiary/aromatic N) is 1. The zero-order chi connectivity index (χ0) is 15.7. The summed E-state index contributed by atoms with van der Waals surface area (Å²) >= 11 is 5.85. The molecule has 1 saturated heterocycles. The second kappa shape index (κ2) is 5.89. The van der Waals surface area contributed by atoms with Gasteiger partial charge in [0, 0.05) is 35.6 Å². The van der Waals surface area contributed by atoms with E-state index in [-0.39, 0.29) is 36.2 Å². The number of anilines is 1. The molecular formula is C16H19ClN2O3. The highest BCUT2D eigenvalue weighted by molar-refractivity contribution is 6.30. The Bertz CT molecular complexity index is 584. The number of nitrogens with one attached hydrogen (secondary N) is 1. The zero-order valence-corrected chi connectivity index (χ0v) is 13.0. The zero-order valence-electron chi connectivity index (χ0n) is 12.2. The number of hydrogen-bond donors (Lipinski definition) is 2. The summed E-state index contributed by atoms with van der Waals surface area (Å²) < 4.78 is 0. The maximum atomic E-state index is 12.2. The molecular weight excluding hydrogens is 304 g/mol. The van der Waals surface area contributed by atoms with Gasteiger partial charge in [0.2, 0.25) is 11.8 Å². The highest BCUT2D eigenvalue weighted by Crippen LogP contribution is 2.44. The van der Waals surface area contributed by atoms with E-state index in [2.05, 4.69) is 5.32 Å². The first kappa shape index (κ1) is 15.3. The number of rotatable bonds is 5. The minimum atomic E-state index is -0.335. The van der Waals surface area contributed by atoms with Gasteiger partial charge >= 0.3 is 0 Å². The minimum Gasteiger partial charge on any atom is -0.396 e. The third kappa shape index (κ3) is 3.10. The van der Waals surface area contributed by atoms with E-state index < -0.39 is 0 Å². The standard InChI is InChI=1S/C16H19ClN2O3/c17-12-1-3-13(4-2-12)19-8-11(7-14(19)21)15(22)18-9-16(10-20)5-6-16/h1-4,11,20H,5-10H2,(H,18,22). The van der Waals surface area contributed by atoms with E-state index in [4.69, 9.17) is 11.6 Å². The molecule has 5 nitrogen and oxygen atoms in total. The number of aliphatic hydroxyl groups excluding tert-OH is 1. The van der Waals surface area contributed by atoms with Crippen LogP contribution in [0.25, 0.3) is 0 Å². The Labute approximate surface area is 134 Å². The van der Waals surface area contributed by atoms with Gasteiger partial charge < -0.3 is 15.3 Å². The lowest BCUT2D eigenvalue weighted by Crippen LogP contribution is -2.37. The van der Waals surface area contributed by atoms with E-state index in [0.29, 0.717) is 18.1 Å². The molecule has 3 rings (SSSR count). The molecule has 0 aromatic heterocycles. The first-order chi connectivity index (χ1) is 10.5. The van der Waals surface area contributed by atoms with Gasteiger partial charge in [-0.3, -0.25) is 9.59 Å². The summed E-state index contributed by atoms with van der Waals surface area (Å²) in [7, 11) is 0. The lowest BCUT2D eigenvalue weighted by molar-refractivity contribution is -0.126. The summed E-state index contributed by atoms with van der Waals surface area (Å²) in [5.41, 5.74) is 0.646. The molecule has 1 unspecified atom stereocenters. The van der Waals surface area contributed by atoms with Crippen LogP contribution in [-0.4, -0.2) is 36.6 Å². The second-order valence-corrected chi connectivity index (χ2v) is 6.69. The van der Waals surface area contributed by atoms with Crippen LogP contribution in [0.5, 0.6) is 0 Å². The Hall–Kier alpha value is -1.59. The van der Waals surface area contributed by atoms with Crippen molar-refractivity contribution in [2.45, 2.75) is 19.3 Å². The van der Waals surface area contributed by atoms with Crippen molar-refractivity contribution in [3.05, 3.63) is 29.3 Å². The van der Waals surface area contributed by atoms with Gasteiger partial charge in [-0.05, 0) is 37.1 Å². The van der Waals surface area contributed by atoms with Crippen molar-refractivity contribution in [3.63, 3.8) is 0 Å². The van der Waals surface area contributed by atoms with Gasteiger partial charge in [0.1, 0.15) is 0 Å². The molecule has 2 aliphatic rings. The molecule has 2 amide bonds. The van der Waals surface area contributed by atoms with Gasteiger partial charge in [-0.25, -0.2) is 0 Å². The number of halogens is 1. The van der Waals surface area contributed by atoms with E-state index in [0.717, 1.165) is 18.5 Å². The van der Waals surface area contributed by atoms with Crippen LogP contribution in [0.15, 0.2) is 24.3 Å². The predicted molar refractivity (Wildman–Crippen MR) is 83.7 cm³/mol. The third-order valence-corrected chi connectivity index (χ3v) is 4.82. The van der Waals surface area contributed by atoms with Crippen molar-refractivity contribution < 1.29 is 14.7 Å². The van der Waals surface area contributed by atoms with Gasteiger partial charge in [0.15, 0.2) is 0 Å². The summed E-state index contributed by atoms with van der Waals surface area (Å²) in [5.74, 6) is -0.493. The maximum absolute atomic E-state index is 12.2. The molecule has 1 atom stereocenters. The molecule has 1 aliphatic heterocycles. The van der Waals surface area contributed by atoms with Crippen molar-refractivity contribution in [2.24, 2.45) is 11.3 Å². The summed E-state index contributed by atoms with van der Waals surface area (Å²) in [6.45, 7) is 0.986. The van der Waals surface area contributed by atoms with E-state index in [9.17, 15) is 14.7 Å².